The molecule has 0 aliphatic heterocycles. The van der Waals surface area contributed by atoms with Crippen molar-refractivity contribution in [2.75, 3.05) is 19.4 Å². The van der Waals surface area contributed by atoms with Crippen LogP contribution in [0.25, 0.3) is 11.1 Å². The van der Waals surface area contributed by atoms with Crippen LogP contribution in [0.2, 0.25) is 0 Å². The van der Waals surface area contributed by atoms with Gasteiger partial charge in [0.25, 0.3) is 11.5 Å². The topological polar surface area (TPSA) is 95.1 Å². The quantitative estimate of drug-likeness (QED) is 0.407. The number of nitrogens with one attached hydrogen (secondary N) is 3. The first-order valence-corrected chi connectivity index (χ1v) is 13.6. The molecule has 8 nitrogen and oxygen atoms in total. The van der Waals surface area contributed by atoms with Crippen molar-refractivity contribution in [1.29, 1.82) is 0 Å². The van der Waals surface area contributed by atoms with Crippen LogP contribution in [0.15, 0.2) is 35.4 Å². The fourth-order valence-electron chi connectivity index (χ4n) is 5.68. The number of benzene rings is 1. The van der Waals surface area contributed by atoms with Gasteiger partial charge in [-0.15, -0.1) is 0 Å². The summed E-state index contributed by atoms with van der Waals surface area (Å²) in [6, 6.07) is 6.91. The highest BCUT2D eigenvalue weighted by atomic mass is 16.1. The van der Waals surface area contributed by atoms with Gasteiger partial charge in [0.2, 0.25) is 0 Å². The summed E-state index contributed by atoms with van der Waals surface area (Å²) >= 11 is 0. The monoisotopic (exact) mass is 518 g/mol. The summed E-state index contributed by atoms with van der Waals surface area (Å²) < 4.78 is 1.76. The Hall–Kier alpha value is -3.39. The Kier molecular flexibility index (Phi) is 8.41. The van der Waals surface area contributed by atoms with Gasteiger partial charge in [-0.2, -0.15) is 5.10 Å². The number of aryl methyl sites for hydroxylation is 3. The van der Waals surface area contributed by atoms with E-state index in [1.165, 1.54) is 25.7 Å². The number of carbonyl (C=O) groups is 1. The number of aromatic nitrogens is 3. The van der Waals surface area contributed by atoms with Crippen LogP contribution in [0.3, 0.4) is 0 Å². The molecule has 204 valence electrons. The molecule has 1 amide bonds. The number of hydrogen-bond acceptors (Lipinski definition) is 5. The predicted octanol–water partition coefficient (Wildman–Crippen LogP) is 4.55. The zero-order valence-corrected chi connectivity index (χ0v) is 23.8. The smallest absolute Gasteiger partial charge is 0.253 e. The maximum Gasteiger partial charge on any atom is 0.253 e. The molecule has 2 aromatic heterocycles. The Morgan fingerprint density at radius 1 is 1.13 bits per heavy atom. The molecule has 1 fully saturated rings. The second-order valence-electron chi connectivity index (χ2n) is 11.2. The van der Waals surface area contributed by atoms with Gasteiger partial charge in [-0.25, -0.2) is 0 Å². The Bertz CT molecular complexity index is 1350. The van der Waals surface area contributed by atoms with E-state index in [1.807, 2.05) is 52.3 Å². The number of pyridine rings is 1. The number of amides is 1. The van der Waals surface area contributed by atoms with E-state index >= 15 is 0 Å². The van der Waals surface area contributed by atoms with Crippen molar-refractivity contribution >= 4 is 11.6 Å². The van der Waals surface area contributed by atoms with Gasteiger partial charge in [0.15, 0.2) is 0 Å². The molecule has 1 unspecified atom stereocenters. The maximum absolute atomic E-state index is 13.5. The highest BCUT2D eigenvalue weighted by Crippen LogP contribution is 2.33. The van der Waals surface area contributed by atoms with E-state index in [0.29, 0.717) is 23.1 Å². The van der Waals surface area contributed by atoms with Crippen molar-refractivity contribution < 1.29 is 4.79 Å². The molecule has 3 aromatic rings. The van der Waals surface area contributed by atoms with Crippen LogP contribution < -0.4 is 16.2 Å². The second-order valence-corrected chi connectivity index (χ2v) is 11.2. The third-order valence-corrected chi connectivity index (χ3v) is 8.17. The number of hydrogen-bond donors (Lipinski definition) is 3. The summed E-state index contributed by atoms with van der Waals surface area (Å²) in [4.78, 5) is 31.1. The van der Waals surface area contributed by atoms with E-state index in [9.17, 15) is 9.59 Å². The zero-order chi connectivity index (χ0) is 27.6. The fraction of sp³-hybridized carbons (Fsp3) is 0.500. The Morgan fingerprint density at radius 3 is 2.45 bits per heavy atom. The lowest BCUT2D eigenvalue weighted by molar-refractivity contribution is 0.0950. The van der Waals surface area contributed by atoms with Crippen LogP contribution in [0.5, 0.6) is 0 Å². The zero-order valence-electron chi connectivity index (χ0n) is 23.8. The molecular formula is C30H42N6O2. The standard InChI is InChI=1S/C30H42N6O2/c1-18-12-19(2)33-30(38)27(18)16-31-29(37)26-13-23(24-15-32-36(7)17-24)14-28(20(26)3)34-21(4)22-8-10-25(11-9-22)35(5)6/h12-15,17,21-22,25,34H,8-11,16H2,1-7H3,(H,31,37)(H,33,38). The highest BCUT2D eigenvalue weighted by Gasteiger charge is 2.27. The van der Waals surface area contributed by atoms with Crippen LogP contribution in [0, 0.1) is 26.7 Å². The van der Waals surface area contributed by atoms with Crippen LogP contribution in [-0.4, -0.2) is 51.8 Å². The van der Waals surface area contributed by atoms with E-state index in [4.69, 9.17) is 0 Å². The average molecular weight is 519 g/mol. The summed E-state index contributed by atoms with van der Waals surface area (Å²) in [7, 11) is 6.23. The molecule has 0 saturated heterocycles. The van der Waals surface area contributed by atoms with Crippen molar-refractivity contribution in [1.82, 2.24) is 25.0 Å². The van der Waals surface area contributed by atoms with Gasteiger partial charge in [0, 0.05) is 59.9 Å². The van der Waals surface area contributed by atoms with Gasteiger partial charge < -0.3 is 20.5 Å². The van der Waals surface area contributed by atoms with E-state index in [2.05, 4.69) is 52.7 Å². The minimum Gasteiger partial charge on any atom is -0.382 e. The average Bonchev–Trinajstić information content (AvgIpc) is 3.30. The highest BCUT2D eigenvalue weighted by molar-refractivity contribution is 5.98. The Labute approximate surface area is 225 Å². The molecule has 2 heterocycles. The number of H-pyrrole nitrogens is 1. The lowest BCUT2D eigenvalue weighted by Crippen LogP contribution is -2.36. The van der Waals surface area contributed by atoms with Crippen LogP contribution in [0.4, 0.5) is 5.69 Å². The molecule has 3 N–H and O–H groups in total. The van der Waals surface area contributed by atoms with Crippen molar-refractivity contribution in [3.05, 3.63) is 68.9 Å². The molecule has 1 aromatic carbocycles. The summed E-state index contributed by atoms with van der Waals surface area (Å²) in [5.41, 5.74) is 6.43. The fourth-order valence-corrected chi connectivity index (χ4v) is 5.68. The molecule has 0 spiro atoms. The minimum atomic E-state index is -0.199. The predicted molar refractivity (Wildman–Crippen MR) is 154 cm³/mol. The van der Waals surface area contributed by atoms with E-state index < -0.39 is 0 Å². The first-order valence-electron chi connectivity index (χ1n) is 13.6. The van der Waals surface area contributed by atoms with Crippen molar-refractivity contribution in [3.8, 4) is 11.1 Å². The third-order valence-electron chi connectivity index (χ3n) is 8.17. The van der Waals surface area contributed by atoms with Crippen LogP contribution in [0.1, 0.15) is 65.3 Å². The summed E-state index contributed by atoms with van der Waals surface area (Å²) in [5, 5.41) is 11.1. The normalized spacial score (nSPS) is 18.4. The Morgan fingerprint density at radius 2 is 1.84 bits per heavy atom. The molecule has 0 bridgehead atoms. The molecule has 38 heavy (non-hydrogen) atoms. The SMILES string of the molecule is Cc1cc(C)c(CNC(=O)c2cc(-c3cnn(C)c3)cc(NC(C)C3CCC(N(C)C)CC3)c2C)c(=O)[nH]1. The first kappa shape index (κ1) is 27.6. The number of aromatic amines is 1. The van der Waals surface area contributed by atoms with Crippen LogP contribution >= 0.6 is 0 Å². The number of carbonyl (C=O) groups excluding carboxylic acids is 1. The molecule has 0 radical (unpaired) electrons. The molecule has 8 heteroatoms. The van der Waals surface area contributed by atoms with Gasteiger partial charge in [0.1, 0.15) is 0 Å². The molecule has 4 rings (SSSR count). The second kappa shape index (κ2) is 11.6. The van der Waals surface area contributed by atoms with Crippen molar-refractivity contribution in [3.63, 3.8) is 0 Å². The lowest BCUT2D eigenvalue weighted by atomic mass is 9.81. The summed E-state index contributed by atoms with van der Waals surface area (Å²) in [6.45, 7) is 8.17. The van der Waals surface area contributed by atoms with Gasteiger partial charge >= 0.3 is 0 Å². The minimum absolute atomic E-state index is 0.163. The molecule has 1 aliphatic carbocycles. The third kappa shape index (κ3) is 6.18. The van der Waals surface area contributed by atoms with E-state index in [-0.39, 0.29) is 24.1 Å². The van der Waals surface area contributed by atoms with E-state index in [1.54, 1.807) is 4.68 Å². The molecule has 1 aliphatic rings. The molecule has 1 atom stereocenters. The van der Waals surface area contributed by atoms with Gasteiger partial charge in [0.05, 0.1) is 6.20 Å². The maximum atomic E-state index is 13.5. The van der Waals surface area contributed by atoms with E-state index in [0.717, 1.165) is 33.6 Å². The lowest BCUT2D eigenvalue weighted by Gasteiger charge is -2.36. The summed E-state index contributed by atoms with van der Waals surface area (Å²) in [5.74, 6) is 0.385. The first-order chi connectivity index (χ1) is 18.0. The molecular weight excluding hydrogens is 476 g/mol. The van der Waals surface area contributed by atoms with Gasteiger partial charge in [-0.3, -0.25) is 14.3 Å². The van der Waals surface area contributed by atoms with Gasteiger partial charge in [-0.05, 0) is 108 Å². The van der Waals surface area contributed by atoms with Crippen molar-refractivity contribution in [2.45, 2.75) is 72.0 Å². The largest absolute Gasteiger partial charge is 0.382 e. The number of nitrogens with zero attached hydrogens (tertiary/aromatic N) is 3. The number of rotatable bonds is 8. The number of anilines is 1. The van der Waals surface area contributed by atoms with Gasteiger partial charge in [-0.1, -0.05) is 0 Å². The van der Waals surface area contributed by atoms with Crippen molar-refractivity contribution in [2.24, 2.45) is 13.0 Å². The van der Waals surface area contributed by atoms with Crippen LogP contribution in [-0.2, 0) is 13.6 Å². The molecule has 1 saturated carbocycles. The summed E-state index contributed by atoms with van der Waals surface area (Å²) in [6.07, 6.45) is 8.58. The Balaban J connectivity index is 1.59.